The molecule has 12 nitrogen and oxygen atoms in total. The number of hydrogen-bond acceptors (Lipinski definition) is 9. The summed E-state index contributed by atoms with van der Waals surface area (Å²) < 4.78 is 21.9. The number of anilines is 1. The molecule has 124 valence electrons. The number of hydrogen-bond donors (Lipinski definition) is 5. The van der Waals surface area contributed by atoms with Crippen molar-refractivity contribution in [3.05, 3.63) is 16.8 Å². The Kier molecular flexibility index (Phi) is 4.10. The van der Waals surface area contributed by atoms with Gasteiger partial charge in [-0.2, -0.15) is 0 Å². The van der Waals surface area contributed by atoms with Crippen molar-refractivity contribution in [1.82, 2.24) is 19.5 Å². The highest BCUT2D eigenvalue weighted by Crippen LogP contribution is 2.36. The summed E-state index contributed by atoms with van der Waals surface area (Å²) in [6.45, 7) is -0.588. The van der Waals surface area contributed by atoms with E-state index in [9.17, 15) is 19.6 Å². The highest BCUT2D eigenvalue weighted by Gasteiger charge is 2.50. The number of fused-ring (bicyclic) bond motifs is 1. The lowest BCUT2D eigenvalue weighted by atomic mass is 10.1. The van der Waals surface area contributed by atoms with Gasteiger partial charge in [-0.25, -0.2) is 19.3 Å². The van der Waals surface area contributed by atoms with Crippen LogP contribution in [0.3, 0.4) is 0 Å². The molecular formula is C10H13N5O7P+. The van der Waals surface area contributed by atoms with Crippen LogP contribution in [0.5, 0.6) is 0 Å². The van der Waals surface area contributed by atoms with Gasteiger partial charge < -0.3 is 25.7 Å². The number of imidazole rings is 1. The molecule has 6 N–H and O–H groups in total. The highest BCUT2D eigenvalue weighted by atomic mass is 31.1. The van der Waals surface area contributed by atoms with Gasteiger partial charge in [0.1, 0.15) is 24.1 Å². The maximum Gasteiger partial charge on any atom is 0.695 e. The summed E-state index contributed by atoms with van der Waals surface area (Å²) >= 11 is 0. The number of aromatic amines is 1. The molecule has 2 aromatic rings. The fourth-order valence-corrected chi connectivity index (χ4v) is 2.97. The Hall–Kier alpha value is -1.95. The topological polar surface area (TPSA) is 186 Å². The van der Waals surface area contributed by atoms with Crippen LogP contribution >= 0.6 is 8.25 Å². The van der Waals surface area contributed by atoms with E-state index in [2.05, 4.69) is 19.5 Å². The standard InChI is InChI=1S/C10H12N5O7P/c11-7-4-8(13-2-12-7)15(10(18)14-4)9-5(17)6(22-23(19)20)3(1-16)21-9/h2-3,5-6,9,16-17H,1H2,(H3-,11,12,13,14,18,19,20)/p+1/t3-,5+,6?,9-/m1/s1. The van der Waals surface area contributed by atoms with E-state index in [1.807, 2.05) is 0 Å². The Bertz CT molecular complexity index is 806. The third-order valence-electron chi connectivity index (χ3n) is 3.49. The molecule has 0 aromatic carbocycles. The second-order valence-electron chi connectivity index (χ2n) is 4.80. The predicted molar refractivity (Wildman–Crippen MR) is 74.3 cm³/mol. The zero-order valence-corrected chi connectivity index (χ0v) is 12.3. The SMILES string of the molecule is Nc1ncnc2c1[nH]c(=O)n2[C@@H]1O[C@H](CO)C(O[P+](=O)O)[C@@H]1O. The monoisotopic (exact) mass is 346 g/mol. The van der Waals surface area contributed by atoms with Crippen LogP contribution < -0.4 is 11.4 Å². The van der Waals surface area contributed by atoms with E-state index in [1.54, 1.807) is 0 Å². The van der Waals surface area contributed by atoms with Gasteiger partial charge in [0.15, 0.2) is 23.8 Å². The van der Waals surface area contributed by atoms with Crippen molar-refractivity contribution in [3.8, 4) is 0 Å². The number of nitrogens with two attached hydrogens (primary N) is 1. The van der Waals surface area contributed by atoms with Gasteiger partial charge in [0.2, 0.25) is 0 Å². The zero-order chi connectivity index (χ0) is 16.7. The third kappa shape index (κ3) is 2.61. The van der Waals surface area contributed by atoms with Crippen molar-refractivity contribution in [2.75, 3.05) is 12.3 Å². The van der Waals surface area contributed by atoms with Crippen LogP contribution in [0, 0.1) is 0 Å². The van der Waals surface area contributed by atoms with Crippen molar-refractivity contribution in [2.45, 2.75) is 24.5 Å². The highest BCUT2D eigenvalue weighted by molar-refractivity contribution is 7.32. The number of nitrogens with one attached hydrogen (secondary N) is 1. The first-order valence-electron chi connectivity index (χ1n) is 6.42. The van der Waals surface area contributed by atoms with Crippen LogP contribution in [0.15, 0.2) is 11.1 Å². The number of H-pyrrole nitrogens is 1. The van der Waals surface area contributed by atoms with Crippen molar-refractivity contribution in [3.63, 3.8) is 0 Å². The molecule has 3 rings (SSSR count). The molecule has 13 heteroatoms. The van der Waals surface area contributed by atoms with Gasteiger partial charge in [-0.15, -0.1) is 9.42 Å². The lowest BCUT2D eigenvalue weighted by Crippen LogP contribution is -2.36. The summed E-state index contributed by atoms with van der Waals surface area (Å²) in [5, 5.41) is 19.6. The maximum absolute atomic E-state index is 12.1. The minimum atomic E-state index is -3.04. The van der Waals surface area contributed by atoms with E-state index >= 15 is 0 Å². The Labute approximate surface area is 128 Å². The molecule has 0 saturated carbocycles. The molecular weight excluding hydrogens is 333 g/mol. The van der Waals surface area contributed by atoms with E-state index in [4.69, 9.17) is 15.4 Å². The van der Waals surface area contributed by atoms with Crippen LogP contribution in [0.1, 0.15) is 6.23 Å². The number of nitrogens with zero attached hydrogens (tertiary/aromatic N) is 3. The lowest BCUT2D eigenvalue weighted by Gasteiger charge is -2.15. The Balaban J connectivity index is 2.06. The summed E-state index contributed by atoms with van der Waals surface area (Å²) in [7, 11) is -3.04. The van der Waals surface area contributed by atoms with E-state index in [-0.39, 0.29) is 17.0 Å². The molecule has 2 aromatic heterocycles. The molecule has 0 spiro atoms. The molecule has 0 amide bonds. The fraction of sp³-hybridized carbons (Fsp3) is 0.500. The molecule has 0 aliphatic carbocycles. The van der Waals surface area contributed by atoms with Crippen molar-refractivity contribution in [1.29, 1.82) is 0 Å². The van der Waals surface area contributed by atoms with Crippen molar-refractivity contribution < 1.29 is 28.9 Å². The lowest BCUT2D eigenvalue weighted by molar-refractivity contribution is -0.0518. The minimum Gasteiger partial charge on any atom is -0.394 e. The van der Waals surface area contributed by atoms with Crippen LogP contribution in [0.2, 0.25) is 0 Å². The molecule has 3 heterocycles. The molecule has 1 aliphatic heterocycles. The molecule has 5 atom stereocenters. The van der Waals surface area contributed by atoms with Crippen LogP contribution in [0.25, 0.3) is 11.2 Å². The van der Waals surface area contributed by atoms with Gasteiger partial charge in [0.25, 0.3) is 0 Å². The summed E-state index contributed by atoms with van der Waals surface area (Å²) in [6, 6.07) is 0. The largest absolute Gasteiger partial charge is 0.695 e. The van der Waals surface area contributed by atoms with E-state index in [1.165, 1.54) is 0 Å². The number of nitrogen functional groups attached to an aromatic ring is 1. The van der Waals surface area contributed by atoms with Crippen molar-refractivity contribution >= 4 is 25.2 Å². The van der Waals surface area contributed by atoms with Gasteiger partial charge >= 0.3 is 13.9 Å². The zero-order valence-electron chi connectivity index (χ0n) is 11.4. The predicted octanol–water partition coefficient (Wildman–Crippen LogP) is -2.01. The van der Waals surface area contributed by atoms with Gasteiger partial charge in [-0.1, -0.05) is 0 Å². The summed E-state index contributed by atoms with van der Waals surface area (Å²) in [4.78, 5) is 31.1. The summed E-state index contributed by atoms with van der Waals surface area (Å²) in [6.07, 6.45) is -4.05. The van der Waals surface area contributed by atoms with E-state index in [0.717, 1.165) is 10.9 Å². The van der Waals surface area contributed by atoms with Crippen LogP contribution in [0.4, 0.5) is 5.82 Å². The van der Waals surface area contributed by atoms with E-state index < -0.39 is 45.1 Å². The number of aliphatic hydroxyl groups is 2. The Morgan fingerprint density at radius 1 is 1.52 bits per heavy atom. The number of rotatable bonds is 4. The molecule has 1 fully saturated rings. The first-order chi connectivity index (χ1) is 10.9. The number of aliphatic hydroxyl groups excluding tert-OH is 2. The van der Waals surface area contributed by atoms with Gasteiger partial charge in [-0.3, -0.25) is 0 Å². The average Bonchev–Trinajstić information content (AvgIpc) is 2.98. The first-order valence-corrected chi connectivity index (χ1v) is 7.55. The van der Waals surface area contributed by atoms with E-state index in [0.29, 0.717) is 0 Å². The Morgan fingerprint density at radius 2 is 2.26 bits per heavy atom. The average molecular weight is 346 g/mol. The smallest absolute Gasteiger partial charge is 0.394 e. The second-order valence-corrected chi connectivity index (χ2v) is 5.49. The van der Waals surface area contributed by atoms with Crippen LogP contribution in [-0.2, 0) is 13.8 Å². The Morgan fingerprint density at radius 3 is 2.91 bits per heavy atom. The molecule has 0 radical (unpaired) electrons. The minimum absolute atomic E-state index is 0.0308. The first kappa shape index (κ1) is 15.9. The van der Waals surface area contributed by atoms with Gasteiger partial charge in [-0.05, 0) is 0 Å². The molecule has 23 heavy (non-hydrogen) atoms. The fourth-order valence-electron chi connectivity index (χ4n) is 2.51. The number of ether oxygens (including phenoxy) is 1. The summed E-state index contributed by atoms with van der Waals surface area (Å²) in [5.41, 5.74) is 5.20. The molecule has 1 aliphatic rings. The number of aromatic nitrogens is 4. The third-order valence-corrected chi connectivity index (χ3v) is 3.92. The van der Waals surface area contributed by atoms with Crippen molar-refractivity contribution in [2.24, 2.45) is 0 Å². The van der Waals surface area contributed by atoms with Crippen LogP contribution in [-0.4, -0.2) is 59.5 Å². The summed E-state index contributed by atoms with van der Waals surface area (Å²) in [5.74, 6) is 0.0308. The quantitative estimate of drug-likeness (QED) is 0.387. The van der Waals surface area contributed by atoms with Gasteiger partial charge in [0.05, 0.1) is 6.61 Å². The second kappa shape index (κ2) is 5.92. The molecule has 2 unspecified atom stereocenters. The normalized spacial score (nSPS) is 28.4. The van der Waals surface area contributed by atoms with Gasteiger partial charge in [0, 0.05) is 4.57 Å². The maximum atomic E-state index is 12.1. The molecule has 0 bridgehead atoms. The molecule has 1 saturated heterocycles.